The molecule has 1 spiro atoms. The van der Waals surface area contributed by atoms with Gasteiger partial charge in [-0.2, -0.15) is 0 Å². The summed E-state index contributed by atoms with van der Waals surface area (Å²) in [5, 5.41) is 9.18. The van der Waals surface area contributed by atoms with E-state index in [2.05, 4.69) is 4.90 Å². The number of aliphatic carboxylic acids is 1. The fourth-order valence-corrected chi connectivity index (χ4v) is 3.47. The zero-order chi connectivity index (χ0) is 10.5. The average Bonchev–Trinajstić information content (AvgIpc) is 2.96. The van der Waals surface area contributed by atoms with Crippen molar-refractivity contribution >= 4 is 5.97 Å². The molecule has 3 fully saturated rings. The zero-order valence-electron chi connectivity index (χ0n) is 9.17. The average molecular weight is 209 g/mol. The number of rotatable bonds is 2. The van der Waals surface area contributed by atoms with Crippen molar-refractivity contribution in [2.24, 2.45) is 5.41 Å². The number of carboxylic acid groups (broad SMARTS) is 1. The molecule has 15 heavy (non-hydrogen) atoms. The van der Waals surface area contributed by atoms with Crippen LogP contribution in [0.3, 0.4) is 0 Å². The van der Waals surface area contributed by atoms with Crippen LogP contribution in [0.25, 0.3) is 0 Å². The highest BCUT2D eigenvalue weighted by Gasteiger charge is 2.61. The molecule has 84 valence electrons. The van der Waals surface area contributed by atoms with E-state index >= 15 is 0 Å². The van der Waals surface area contributed by atoms with Crippen LogP contribution in [0.1, 0.15) is 44.9 Å². The van der Waals surface area contributed by atoms with Gasteiger partial charge < -0.3 is 5.11 Å². The van der Waals surface area contributed by atoms with Crippen LogP contribution in [0.4, 0.5) is 0 Å². The molecule has 0 aromatic carbocycles. The van der Waals surface area contributed by atoms with Crippen molar-refractivity contribution < 1.29 is 9.90 Å². The van der Waals surface area contributed by atoms with Gasteiger partial charge in [0.2, 0.25) is 0 Å². The van der Waals surface area contributed by atoms with Crippen molar-refractivity contribution in [3.8, 4) is 0 Å². The Kier molecular flexibility index (Phi) is 1.91. The van der Waals surface area contributed by atoms with Gasteiger partial charge >= 0.3 is 5.97 Å². The Labute approximate surface area is 90.5 Å². The first kappa shape index (κ1) is 9.64. The van der Waals surface area contributed by atoms with Gasteiger partial charge in [0.25, 0.3) is 0 Å². The minimum atomic E-state index is -0.590. The molecule has 0 radical (unpaired) electrons. The number of carbonyl (C=O) groups is 1. The molecule has 0 unspecified atom stereocenters. The van der Waals surface area contributed by atoms with E-state index in [4.69, 9.17) is 0 Å². The minimum absolute atomic E-state index is 0.428. The van der Waals surface area contributed by atoms with Crippen LogP contribution in [-0.2, 0) is 4.79 Å². The Morgan fingerprint density at radius 3 is 2.07 bits per heavy atom. The highest BCUT2D eigenvalue weighted by atomic mass is 16.4. The topological polar surface area (TPSA) is 40.5 Å². The summed E-state index contributed by atoms with van der Waals surface area (Å²) < 4.78 is 0. The molecular weight excluding hydrogens is 190 g/mol. The lowest BCUT2D eigenvalue weighted by Gasteiger charge is -2.54. The number of nitrogens with zero attached hydrogens (tertiary/aromatic N) is 1. The lowest BCUT2D eigenvalue weighted by Crippen LogP contribution is -2.63. The van der Waals surface area contributed by atoms with Crippen molar-refractivity contribution in [1.82, 2.24) is 4.90 Å². The molecule has 0 bridgehead atoms. The van der Waals surface area contributed by atoms with Crippen LogP contribution in [0, 0.1) is 5.41 Å². The quantitative estimate of drug-likeness (QED) is 0.754. The first-order valence-corrected chi connectivity index (χ1v) is 6.16. The smallest absolute Gasteiger partial charge is 0.324 e. The van der Waals surface area contributed by atoms with E-state index in [9.17, 15) is 9.90 Å². The zero-order valence-corrected chi connectivity index (χ0v) is 9.17. The van der Waals surface area contributed by atoms with Crippen LogP contribution in [0.5, 0.6) is 0 Å². The summed E-state index contributed by atoms with van der Waals surface area (Å²) in [5.74, 6) is -0.590. The number of carboxylic acids is 1. The molecule has 1 heterocycles. The van der Waals surface area contributed by atoms with E-state index in [1.54, 1.807) is 0 Å². The van der Waals surface area contributed by atoms with Gasteiger partial charge in [-0.1, -0.05) is 19.3 Å². The summed E-state index contributed by atoms with van der Waals surface area (Å²) in [4.78, 5) is 13.4. The maximum Gasteiger partial charge on any atom is 0.324 e. The second kappa shape index (κ2) is 2.97. The normalized spacial score (nSPS) is 32.3. The highest BCUT2D eigenvalue weighted by Crippen LogP contribution is 2.52. The fraction of sp³-hybridized carbons (Fsp3) is 0.917. The number of hydrogen-bond acceptors (Lipinski definition) is 2. The van der Waals surface area contributed by atoms with Crippen molar-refractivity contribution in [2.75, 3.05) is 13.1 Å². The Morgan fingerprint density at radius 1 is 1.00 bits per heavy atom. The largest absolute Gasteiger partial charge is 0.480 e. The van der Waals surface area contributed by atoms with E-state index in [0.717, 1.165) is 25.9 Å². The molecule has 2 saturated carbocycles. The van der Waals surface area contributed by atoms with Crippen LogP contribution >= 0.6 is 0 Å². The molecule has 3 nitrogen and oxygen atoms in total. The summed E-state index contributed by atoms with van der Waals surface area (Å²) >= 11 is 0. The SMILES string of the molecule is O=C(O)C1(N2CC3(CCCCC3)C2)CC1. The summed E-state index contributed by atoms with van der Waals surface area (Å²) in [6.45, 7) is 2.11. The summed E-state index contributed by atoms with van der Waals surface area (Å²) in [6.07, 6.45) is 8.50. The van der Waals surface area contributed by atoms with E-state index in [-0.39, 0.29) is 0 Å². The molecule has 0 amide bonds. The van der Waals surface area contributed by atoms with E-state index in [0.29, 0.717) is 5.41 Å². The van der Waals surface area contributed by atoms with E-state index in [1.165, 1.54) is 32.1 Å². The summed E-state index contributed by atoms with van der Waals surface area (Å²) in [6, 6.07) is 0. The van der Waals surface area contributed by atoms with Gasteiger partial charge in [0.1, 0.15) is 5.54 Å². The van der Waals surface area contributed by atoms with Gasteiger partial charge in [0.05, 0.1) is 0 Å². The third kappa shape index (κ3) is 1.32. The molecule has 0 aromatic heterocycles. The first-order valence-electron chi connectivity index (χ1n) is 6.16. The monoisotopic (exact) mass is 209 g/mol. The molecule has 0 atom stereocenters. The van der Waals surface area contributed by atoms with Gasteiger partial charge in [-0.15, -0.1) is 0 Å². The van der Waals surface area contributed by atoms with Gasteiger partial charge in [0, 0.05) is 13.1 Å². The van der Waals surface area contributed by atoms with Crippen molar-refractivity contribution in [1.29, 1.82) is 0 Å². The predicted molar refractivity (Wildman–Crippen MR) is 56.7 cm³/mol. The summed E-state index contributed by atoms with van der Waals surface area (Å²) in [5.41, 5.74) is 0.0893. The predicted octanol–water partition coefficient (Wildman–Crippen LogP) is 1.87. The molecule has 3 rings (SSSR count). The van der Waals surface area contributed by atoms with Crippen LogP contribution in [-0.4, -0.2) is 34.6 Å². The van der Waals surface area contributed by atoms with Crippen molar-refractivity contribution in [3.05, 3.63) is 0 Å². The maximum absolute atomic E-state index is 11.1. The molecule has 3 heteroatoms. The molecule has 2 aliphatic carbocycles. The lowest BCUT2D eigenvalue weighted by molar-refractivity contribution is -0.154. The van der Waals surface area contributed by atoms with E-state index < -0.39 is 11.5 Å². The molecule has 1 N–H and O–H groups in total. The Hall–Kier alpha value is -0.570. The maximum atomic E-state index is 11.1. The molecule has 3 aliphatic rings. The molecule has 1 saturated heterocycles. The third-order valence-corrected chi connectivity index (χ3v) is 4.69. The van der Waals surface area contributed by atoms with Crippen LogP contribution < -0.4 is 0 Å². The van der Waals surface area contributed by atoms with Crippen molar-refractivity contribution in [2.45, 2.75) is 50.5 Å². The molecule has 1 aliphatic heterocycles. The second-order valence-electron chi connectivity index (χ2n) is 5.75. The highest BCUT2D eigenvalue weighted by molar-refractivity contribution is 5.82. The van der Waals surface area contributed by atoms with Gasteiger partial charge in [-0.05, 0) is 31.1 Å². The fourth-order valence-electron chi connectivity index (χ4n) is 3.47. The minimum Gasteiger partial charge on any atom is -0.480 e. The standard InChI is InChI=1S/C12H19NO2/c14-10(15)12(6-7-12)13-8-11(9-13)4-2-1-3-5-11/h1-9H2,(H,14,15). The summed E-state index contributed by atoms with van der Waals surface area (Å²) in [7, 11) is 0. The lowest BCUT2D eigenvalue weighted by atomic mass is 9.68. The molecular formula is C12H19NO2. The third-order valence-electron chi connectivity index (χ3n) is 4.69. The van der Waals surface area contributed by atoms with Gasteiger partial charge in [0.15, 0.2) is 0 Å². The number of likely N-dealkylation sites (tertiary alicyclic amines) is 1. The van der Waals surface area contributed by atoms with E-state index in [1.807, 2.05) is 0 Å². The Morgan fingerprint density at radius 2 is 1.60 bits per heavy atom. The van der Waals surface area contributed by atoms with Crippen LogP contribution in [0.2, 0.25) is 0 Å². The second-order valence-corrected chi connectivity index (χ2v) is 5.75. The first-order chi connectivity index (χ1) is 7.17. The van der Waals surface area contributed by atoms with Gasteiger partial charge in [-0.3, -0.25) is 9.69 Å². The number of hydrogen-bond donors (Lipinski definition) is 1. The van der Waals surface area contributed by atoms with Crippen molar-refractivity contribution in [3.63, 3.8) is 0 Å². The Bertz CT molecular complexity index is 282. The Balaban J connectivity index is 1.63. The van der Waals surface area contributed by atoms with Crippen LogP contribution in [0.15, 0.2) is 0 Å². The van der Waals surface area contributed by atoms with Gasteiger partial charge in [-0.25, -0.2) is 0 Å². The molecule has 0 aromatic rings.